The van der Waals surface area contributed by atoms with Crippen molar-refractivity contribution in [3.63, 3.8) is 0 Å². The van der Waals surface area contributed by atoms with Gasteiger partial charge in [-0.1, -0.05) is 40.2 Å². The molecule has 6 rings (SSSR count). The van der Waals surface area contributed by atoms with E-state index in [9.17, 15) is 23.1 Å². The molecular formula is C32H35BrN5O5S+. The predicted octanol–water partition coefficient (Wildman–Crippen LogP) is 2.05. The van der Waals surface area contributed by atoms with Crippen LogP contribution >= 0.6 is 15.9 Å². The van der Waals surface area contributed by atoms with Gasteiger partial charge in [0.2, 0.25) is 5.91 Å². The zero-order valence-electron chi connectivity index (χ0n) is 24.4. The van der Waals surface area contributed by atoms with Gasteiger partial charge in [0.25, 0.3) is 5.91 Å². The van der Waals surface area contributed by atoms with Gasteiger partial charge in [0, 0.05) is 22.1 Å². The molecule has 0 saturated carbocycles. The Morgan fingerprint density at radius 2 is 1.50 bits per heavy atom. The number of aliphatic hydroxyl groups is 1. The number of carbonyl (C=O) groups excluding carboxylic acids is 2. The number of likely N-dealkylation sites (N-methyl/N-ethyl adjacent to an activating group) is 1. The first-order chi connectivity index (χ1) is 21.0. The number of hydrogen-bond acceptors (Lipinski definition) is 8. The molecule has 230 valence electrons. The molecule has 44 heavy (non-hydrogen) atoms. The van der Waals surface area contributed by atoms with Gasteiger partial charge >= 0.3 is 0 Å². The minimum Gasteiger partial charge on any atom is -0.386 e. The number of nitrogens with zero attached hydrogens (tertiary/aromatic N) is 3. The Hall–Kier alpha value is -3.55. The maximum Gasteiger partial charge on any atom is 0.254 e. The van der Waals surface area contributed by atoms with Crippen molar-refractivity contribution in [2.45, 2.75) is 23.1 Å². The number of rotatable bonds is 7. The molecule has 2 amide bonds. The van der Waals surface area contributed by atoms with Gasteiger partial charge in [0.1, 0.15) is 6.04 Å². The summed E-state index contributed by atoms with van der Waals surface area (Å²) in [4.78, 5) is 33.1. The highest BCUT2D eigenvalue weighted by atomic mass is 79.9. The fourth-order valence-electron chi connectivity index (χ4n) is 6.07. The summed E-state index contributed by atoms with van der Waals surface area (Å²) in [7, 11) is -1.22. The summed E-state index contributed by atoms with van der Waals surface area (Å²) in [5.41, 5.74) is 5.92. The van der Waals surface area contributed by atoms with E-state index in [2.05, 4.69) is 33.3 Å². The largest absolute Gasteiger partial charge is 0.386 e. The SMILES string of the molecule is C[NH+]1CCN(c2ccc(N3C(=O)[C@@H]4[C@@H](C=C[C@H]([C@H](O)c5ccc(Br)cc5)N4Nc4ccc(S(C)(=O)=O)cc4)C3=O)cc2)CC1. The van der Waals surface area contributed by atoms with E-state index in [0.717, 1.165) is 42.6 Å². The Bertz CT molecular complexity index is 1670. The Morgan fingerprint density at radius 3 is 2.11 bits per heavy atom. The van der Waals surface area contributed by atoms with E-state index in [1.165, 1.54) is 21.9 Å². The number of piperazine rings is 1. The molecule has 0 aliphatic carbocycles. The second kappa shape index (κ2) is 12.1. The van der Waals surface area contributed by atoms with Gasteiger partial charge in [-0.3, -0.25) is 9.59 Å². The Labute approximate surface area is 265 Å². The molecule has 10 nitrogen and oxygen atoms in total. The van der Waals surface area contributed by atoms with Crippen molar-refractivity contribution in [1.29, 1.82) is 0 Å². The minimum absolute atomic E-state index is 0.158. The summed E-state index contributed by atoms with van der Waals surface area (Å²) in [6, 6.07) is 19.3. The second-order valence-electron chi connectivity index (χ2n) is 11.6. The van der Waals surface area contributed by atoms with E-state index < -0.39 is 39.8 Å². The zero-order chi connectivity index (χ0) is 31.2. The average Bonchev–Trinajstić information content (AvgIpc) is 3.27. The predicted molar refractivity (Wildman–Crippen MR) is 172 cm³/mol. The third kappa shape index (κ3) is 5.92. The summed E-state index contributed by atoms with van der Waals surface area (Å²) < 4.78 is 24.9. The van der Waals surface area contributed by atoms with Gasteiger partial charge in [-0.25, -0.2) is 18.3 Å². The lowest BCUT2D eigenvalue weighted by Gasteiger charge is -2.40. The number of carbonyl (C=O) groups is 2. The molecule has 0 spiro atoms. The Kier molecular flexibility index (Phi) is 8.38. The smallest absolute Gasteiger partial charge is 0.254 e. The number of halogens is 1. The molecule has 0 unspecified atom stereocenters. The van der Waals surface area contributed by atoms with Gasteiger partial charge < -0.3 is 20.3 Å². The van der Waals surface area contributed by atoms with Crippen LogP contribution in [0.5, 0.6) is 0 Å². The first kappa shape index (κ1) is 30.5. The van der Waals surface area contributed by atoms with Gasteiger partial charge in [-0.05, 0) is 66.2 Å². The number of nitrogens with one attached hydrogen (secondary N) is 2. The summed E-state index contributed by atoms with van der Waals surface area (Å²) in [5, 5.41) is 13.1. The quantitative estimate of drug-likeness (QED) is 0.257. The summed E-state index contributed by atoms with van der Waals surface area (Å²) in [6.45, 7) is 3.98. The summed E-state index contributed by atoms with van der Waals surface area (Å²) >= 11 is 3.42. The first-order valence-electron chi connectivity index (χ1n) is 14.5. The van der Waals surface area contributed by atoms with Crippen LogP contribution in [0.2, 0.25) is 0 Å². The topological polar surface area (TPSA) is 115 Å². The number of anilines is 3. The fraction of sp³-hybridized carbons (Fsp3) is 0.312. The monoisotopic (exact) mass is 680 g/mol. The van der Waals surface area contributed by atoms with E-state index in [-0.39, 0.29) is 10.8 Å². The molecule has 3 N–H and O–H groups in total. The third-order valence-corrected chi connectivity index (χ3v) is 10.3. The number of imide groups is 1. The van der Waals surface area contributed by atoms with E-state index in [1.807, 2.05) is 36.4 Å². The van der Waals surface area contributed by atoms with Crippen LogP contribution in [0.4, 0.5) is 17.1 Å². The van der Waals surface area contributed by atoms with Gasteiger partial charge in [-0.2, -0.15) is 0 Å². The molecule has 12 heteroatoms. The number of hydrogen-bond donors (Lipinski definition) is 3. The Morgan fingerprint density at radius 1 is 0.886 bits per heavy atom. The zero-order valence-corrected chi connectivity index (χ0v) is 26.8. The van der Waals surface area contributed by atoms with Crippen LogP contribution in [-0.2, 0) is 19.4 Å². The molecule has 2 fully saturated rings. The number of sulfone groups is 1. The van der Waals surface area contributed by atoms with Crippen molar-refractivity contribution in [3.05, 3.63) is 95.0 Å². The molecular weight excluding hydrogens is 646 g/mol. The summed E-state index contributed by atoms with van der Waals surface area (Å²) in [5.74, 6) is -1.53. The van der Waals surface area contributed by atoms with Crippen LogP contribution in [0, 0.1) is 5.92 Å². The highest BCUT2D eigenvalue weighted by Crippen LogP contribution is 2.38. The highest BCUT2D eigenvalue weighted by Gasteiger charge is 2.54. The second-order valence-corrected chi connectivity index (χ2v) is 14.6. The molecule has 3 aliphatic heterocycles. The summed E-state index contributed by atoms with van der Waals surface area (Å²) in [6.07, 6.45) is 3.56. The fourth-order valence-corrected chi connectivity index (χ4v) is 6.96. The van der Waals surface area contributed by atoms with Gasteiger partial charge in [0.05, 0.1) is 61.9 Å². The molecule has 3 aromatic rings. The number of fused-ring (bicyclic) bond motifs is 1. The first-order valence-corrected chi connectivity index (χ1v) is 17.2. The molecule has 0 radical (unpaired) electrons. The van der Waals surface area contributed by atoms with Gasteiger partial charge in [-0.15, -0.1) is 0 Å². The number of benzene rings is 3. The molecule has 4 atom stereocenters. The molecule has 0 bridgehead atoms. The van der Waals surface area contributed by atoms with Crippen LogP contribution in [-0.4, -0.2) is 81.9 Å². The lowest BCUT2D eigenvalue weighted by Crippen LogP contribution is -3.12. The normalized spacial score (nSPS) is 23.6. The molecule has 3 aliphatic rings. The average molecular weight is 682 g/mol. The maximum atomic E-state index is 14.1. The van der Waals surface area contributed by atoms with Crippen LogP contribution in [0.25, 0.3) is 0 Å². The van der Waals surface area contributed by atoms with Crippen molar-refractivity contribution >= 4 is 54.6 Å². The molecule has 3 heterocycles. The van der Waals surface area contributed by atoms with Crippen molar-refractivity contribution in [2.75, 3.05) is 54.7 Å². The molecule has 3 aromatic carbocycles. The van der Waals surface area contributed by atoms with Crippen LogP contribution in [0.15, 0.2) is 94.3 Å². The standard InChI is InChI=1S/C32H34BrN5O5S/c1-35-17-19-36(20-18-35)24-9-11-25(12-10-24)37-31(40)27-15-16-28(30(39)21-3-5-22(33)6-4-21)38(29(27)32(37)41)34-23-7-13-26(14-8-23)44(2,42)43/h3-16,27-30,34,39H,17-20H2,1-2H3/p+1/t27-,28-,29+,30-/m1/s1. The van der Waals surface area contributed by atoms with Crippen molar-refractivity contribution < 1.29 is 28.0 Å². The number of hydrazine groups is 1. The minimum atomic E-state index is -3.40. The van der Waals surface area contributed by atoms with E-state index >= 15 is 0 Å². The lowest BCUT2D eigenvalue weighted by molar-refractivity contribution is -0.880. The van der Waals surface area contributed by atoms with Crippen LogP contribution < -0.4 is 20.1 Å². The van der Waals surface area contributed by atoms with E-state index in [0.29, 0.717) is 16.9 Å². The maximum absolute atomic E-state index is 14.1. The van der Waals surface area contributed by atoms with Gasteiger partial charge in [0.15, 0.2) is 9.84 Å². The molecule has 2 saturated heterocycles. The van der Waals surface area contributed by atoms with Crippen LogP contribution in [0.3, 0.4) is 0 Å². The number of aliphatic hydroxyl groups excluding tert-OH is 1. The van der Waals surface area contributed by atoms with Crippen molar-refractivity contribution in [3.8, 4) is 0 Å². The third-order valence-electron chi connectivity index (χ3n) is 8.62. The highest BCUT2D eigenvalue weighted by molar-refractivity contribution is 9.10. The lowest BCUT2D eigenvalue weighted by atomic mass is 9.90. The number of amides is 2. The van der Waals surface area contributed by atoms with E-state index in [4.69, 9.17) is 0 Å². The van der Waals surface area contributed by atoms with Crippen molar-refractivity contribution in [1.82, 2.24) is 5.01 Å². The van der Waals surface area contributed by atoms with E-state index in [1.54, 1.807) is 41.4 Å². The van der Waals surface area contributed by atoms with Crippen LogP contribution in [0.1, 0.15) is 11.7 Å². The molecule has 0 aromatic heterocycles. The number of quaternary nitrogens is 1. The van der Waals surface area contributed by atoms with Crippen molar-refractivity contribution in [2.24, 2.45) is 5.92 Å². The Balaban J connectivity index is 1.31.